The fourth-order valence-electron chi connectivity index (χ4n) is 1.62. The highest BCUT2D eigenvalue weighted by Crippen LogP contribution is 2.22. The number of carbonyl (C=O) groups excluding carboxylic acids is 1. The van der Waals surface area contributed by atoms with Gasteiger partial charge in [0.25, 0.3) is 5.91 Å². The van der Waals surface area contributed by atoms with Crippen molar-refractivity contribution in [1.82, 2.24) is 0 Å². The standard InChI is InChI=1S/C14H11F2IN2O/c1-7-10(16)4-8(5-12(7)18)14(20)19-13-3-2-9(15)6-11(13)17/h2-6H,18H2,1H3,(H,19,20). The molecular formula is C14H11F2IN2O. The third-order valence-electron chi connectivity index (χ3n) is 2.83. The second-order valence-corrected chi connectivity index (χ2v) is 5.41. The van der Waals surface area contributed by atoms with E-state index in [4.69, 9.17) is 5.73 Å². The van der Waals surface area contributed by atoms with Crippen molar-refractivity contribution in [3.63, 3.8) is 0 Å². The first-order chi connectivity index (χ1) is 9.38. The van der Waals surface area contributed by atoms with Gasteiger partial charge in [0, 0.05) is 20.4 Å². The Kier molecular flexibility index (Phi) is 4.22. The molecule has 0 fully saturated rings. The van der Waals surface area contributed by atoms with E-state index in [9.17, 15) is 13.6 Å². The van der Waals surface area contributed by atoms with Crippen LogP contribution in [0.2, 0.25) is 0 Å². The molecule has 1 amide bonds. The van der Waals surface area contributed by atoms with Crippen LogP contribution in [-0.2, 0) is 0 Å². The van der Waals surface area contributed by atoms with Crippen molar-refractivity contribution in [2.24, 2.45) is 0 Å². The Morgan fingerprint density at radius 1 is 1.25 bits per heavy atom. The zero-order chi connectivity index (χ0) is 14.9. The molecule has 3 N–H and O–H groups in total. The lowest BCUT2D eigenvalue weighted by Gasteiger charge is -2.09. The molecule has 0 atom stereocenters. The summed E-state index contributed by atoms with van der Waals surface area (Å²) in [5, 5.41) is 2.59. The van der Waals surface area contributed by atoms with Crippen LogP contribution in [0.1, 0.15) is 15.9 Å². The quantitative estimate of drug-likeness (QED) is 0.609. The summed E-state index contributed by atoms with van der Waals surface area (Å²) in [5.41, 5.74) is 6.72. The van der Waals surface area contributed by atoms with Crippen molar-refractivity contribution in [3.05, 3.63) is 56.7 Å². The molecule has 104 valence electrons. The van der Waals surface area contributed by atoms with Crippen molar-refractivity contribution >= 4 is 39.9 Å². The van der Waals surface area contributed by atoms with Gasteiger partial charge in [0.05, 0.1) is 5.69 Å². The molecule has 6 heteroatoms. The summed E-state index contributed by atoms with van der Waals surface area (Å²) >= 11 is 1.90. The SMILES string of the molecule is Cc1c(N)cc(C(=O)Nc2ccc(F)cc2I)cc1F. The van der Waals surface area contributed by atoms with E-state index in [1.54, 1.807) is 0 Å². The average molecular weight is 388 g/mol. The van der Waals surface area contributed by atoms with E-state index < -0.39 is 17.5 Å². The second-order valence-electron chi connectivity index (χ2n) is 4.25. The van der Waals surface area contributed by atoms with E-state index in [0.717, 1.165) is 6.07 Å². The Balaban J connectivity index is 2.28. The molecule has 20 heavy (non-hydrogen) atoms. The van der Waals surface area contributed by atoms with Gasteiger partial charge in [0.1, 0.15) is 11.6 Å². The predicted octanol–water partition coefficient (Wildman–Crippen LogP) is 3.71. The number of halogens is 3. The third kappa shape index (κ3) is 3.06. The van der Waals surface area contributed by atoms with Gasteiger partial charge in [0.2, 0.25) is 0 Å². The van der Waals surface area contributed by atoms with Gasteiger partial charge in [-0.05, 0) is 59.8 Å². The van der Waals surface area contributed by atoms with Crippen LogP contribution in [0.5, 0.6) is 0 Å². The molecule has 0 heterocycles. The molecule has 2 aromatic rings. The molecule has 0 radical (unpaired) electrons. The summed E-state index contributed by atoms with van der Waals surface area (Å²) in [7, 11) is 0. The van der Waals surface area contributed by atoms with Crippen LogP contribution in [0, 0.1) is 22.1 Å². The first-order valence-electron chi connectivity index (χ1n) is 5.70. The van der Waals surface area contributed by atoms with E-state index in [1.807, 2.05) is 22.6 Å². The van der Waals surface area contributed by atoms with Crippen molar-refractivity contribution in [3.8, 4) is 0 Å². The summed E-state index contributed by atoms with van der Waals surface area (Å²) < 4.78 is 27.1. The molecule has 0 saturated heterocycles. The Morgan fingerprint density at radius 3 is 2.55 bits per heavy atom. The Labute approximate surface area is 128 Å². The normalized spacial score (nSPS) is 10.4. The minimum atomic E-state index is -0.538. The van der Waals surface area contributed by atoms with E-state index in [2.05, 4.69) is 5.32 Å². The summed E-state index contributed by atoms with van der Waals surface area (Å²) in [6.45, 7) is 1.54. The van der Waals surface area contributed by atoms with E-state index in [0.29, 0.717) is 14.8 Å². The van der Waals surface area contributed by atoms with Crippen LogP contribution in [0.4, 0.5) is 20.2 Å². The molecule has 2 rings (SSSR count). The van der Waals surface area contributed by atoms with E-state index in [-0.39, 0.29) is 11.3 Å². The van der Waals surface area contributed by atoms with E-state index in [1.165, 1.54) is 31.2 Å². The molecule has 0 saturated carbocycles. The number of hydrogen-bond donors (Lipinski definition) is 2. The maximum Gasteiger partial charge on any atom is 0.255 e. The molecular weight excluding hydrogens is 377 g/mol. The zero-order valence-electron chi connectivity index (χ0n) is 10.5. The average Bonchev–Trinajstić information content (AvgIpc) is 2.38. The number of hydrogen-bond acceptors (Lipinski definition) is 2. The zero-order valence-corrected chi connectivity index (χ0v) is 12.7. The molecule has 0 aliphatic carbocycles. The van der Waals surface area contributed by atoms with Gasteiger partial charge in [-0.2, -0.15) is 0 Å². The highest BCUT2D eigenvalue weighted by atomic mass is 127. The monoisotopic (exact) mass is 388 g/mol. The van der Waals surface area contributed by atoms with Crippen molar-refractivity contribution in [2.75, 3.05) is 11.1 Å². The van der Waals surface area contributed by atoms with Crippen molar-refractivity contribution in [2.45, 2.75) is 6.92 Å². The van der Waals surface area contributed by atoms with Crippen molar-refractivity contribution < 1.29 is 13.6 Å². The number of nitrogen functional groups attached to an aromatic ring is 1. The number of benzene rings is 2. The number of nitrogens with two attached hydrogens (primary N) is 1. The smallest absolute Gasteiger partial charge is 0.255 e. The van der Waals surface area contributed by atoms with Gasteiger partial charge in [-0.1, -0.05) is 0 Å². The van der Waals surface area contributed by atoms with Gasteiger partial charge in [0.15, 0.2) is 0 Å². The Bertz CT molecular complexity index is 666. The molecule has 0 unspecified atom stereocenters. The van der Waals surface area contributed by atoms with Crippen LogP contribution in [0.3, 0.4) is 0 Å². The van der Waals surface area contributed by atoms with Gasteiger partial charge in [-0.3, -0.25) is 4.79 Å². The predicted molar refractivity (Wildman–Crippen MR) is 82.6 cm³/mol. The molecule has 0 aliphatic rings. The Hall–Kier alpha value is -1.70. The molecule has 0 spiro atoms. The first-order valence-corrected chi connectivity index (χ1v) is 6.78. The van der Waals surface area contributed by atoms with Gasteiger partial charge in [-0.25, -0.2) is 8.78 Å². The highest BCUT2D eigenvalue weighted by Gasteiger charge is 2.12. The number of carbonyl (C=O) groups is 1. The summed E-state index contributed by atoms with van der Waals surface area (Å²) in [6, 6.07) is 6.51. The molecule has 3 nitrogen and oxygen atoms in total. The number of anilines is 2. The summed E-state index contributed by atoms with van der Waals surface area (Å²) in [4.78, 5) is 12.0. The van der Waals surface area contributed by atoms with Crippen LogP contribution in [0.25, 0.3) is 0 Å². The van der Waals surface area contributed by atoms with Gasteiger partial charge >= 0.3 is 0 Å². The minimum Gasteiger partial charge on any atom is -0.398 e. The van der Waals surface area contributed by atoms with Crippen LogP contribution < -0.4 is 11.1 Å². The molecule has 0 aromatic heterocycles. The highest BCUT2D eigenvalue weighted by molar-refractivity contribution is 14.1. The maximum absolute atomic E-state index is 13.6. The minimum absolute atomic E-state index is 0.116. The van der Waals surface area contributed by atoms with Crippen molar-refractivity contribution in [1.29, 1.82) is 0 Å². The fourth-order valence-corrected chi connectivity index (χ4v) is 2.23. The fraction of sp³-hybridized carbons (Fsp3) is 0.0714. The lowest BCUT2D eigenvalue weighted by Crippen LogP contribution is -2.14. The largest absolute Gasteiger partial charge is 0.398 e. The molecule has 0 aliphatic heterocycles. The number of amides is 1. The van der Waals surface area contributed by atoms with Crippen LogP contribution >= 0.6 is 22.6 Å². The molecule has 2 aromatic carbocycles. The van der Waals surface area contributed by atoms with Crippen LogP contribution in [0.15, 0.2) is 30.3 Å². The first kappa shape index (κ1) is 14.7. The van der Waals surface area contributed by atoms with Gasteiger partial charge < -0.3 is 11.1 Å². The Morgan fingerprint density at radius 2 is 1.95 bits per heavy atom. The topological polar surface area (TPSA) is 55.1 Å². The molecule has 0 bridgehead atoms. The summed E-state index contributed by atoms with van der Waals surface area (Å²) in [5.74, 6) is -1.43. The number of rotatable bonds is 2. The third-order valence-corrected chi connectivity index (χ3v) is 3.72. The van der Waals surface area contributed by atoms with Crippen LogP contribution in [-0.4, -0.2) is 5.91 Å². The lowest BCUT2D eigenvalue weighted by molar-refractivity contribution is 0.102. The second kappa shape index (κ2) is 5.74. The summed E-state index contributed by atoms with van der Waals surface area (Å²) in [6.07, 6.45) is 0. The number of nitrogens with one attached hydrogen (secondary N) is 1. The van der Waals surface area contributed by atoms with E-state index >= 15 is 0 Å². The van der Waals surface area contributed by atoms with Gasteiger partial charge in [-0.15, -0.1) is 0 Å². The maximum atomic E-state index is 13.6. The lowest BCUT2D eigenvalue weighted by atomic mass is 10.1.